The van der Waals surface area contributed by atoms with E-state index in [2.05, 4.69) is 17.1 Å². The van der Waals surface area contributed by atoms with Crippen molar-refractivity contribution >= 4 is 11.6 Å². The fourth-order valence-electron chi connectivity index (χ4n) is 2.40. The van der Waals surface area contributed by atoms with Crippen molar-refractivity contribution in [1.29, 1.82) is 0 Å². The Morgan fingerprint density at radius 2 is 2.33 bits per heavy atom. The molecule has 0 saturated carbocycles. The molecule has 1 aromatic carbocycles. The Labute approximate surface area is 113 Å². The van der Waals surface area contributed by atoms with Crippen molar-refractivity contribution in [2.45, 2.75) is 32.4 Å². The van der Waals surface area contributed by atoms with Crippen LogP contribution >= 0.6 is 11.6 Å². The molecule has 4 heteroatoms. The van der Waals surface area contributed by atoms with E-state index in [1.165, 1.54) is 6.07 Å². The topological polar surface area (TPSA) is 15.3 Å². The lowest BCUT2D eigenvalue weighted by Crippen LogP contribution is -2.36. The Kier molecular flexibility index (Phi) is 4.98. The Hall–Kier alpha value is -0.640. The highest BCUT2D eigenvalue weighted by Crippen LogP contribution is 2.21. The molecule has 1 saturated heterocycles. The second kappa shape index (κ2) is 6.50. The lowest BCUT2D eigenvalue weighted by molar-refractivity contribution is 0.257. The number of halogens is 2. The van der Waals surface area contributed by atoms with E-state index in [0.29, 0.717) is 6.04 Å². The standard InChI is InChI=1S/C14H20ClFN2/c1-2-12-10-18(8-4-7-17-12)9-11-5-3-6-13(16)14(11)15/h3,5-6,12,17H,2,4,7-10H2,1H3. The maximum atomic E-state index is 13.4. The van der Waals surface area contributed by atoms with Crippen LogP contribution in [0.2, 0.25) is 5.02 Å². The Bertz CT molecular complexity index is 397. The van der Waals surface area contributed by atoms with E-state index in [1.54, 1.807) is 6.07 Å². The second-order valence-corrected chi connectivity index (χ2v) is 5.24. The lowest BCUT2D eigenvalue weighted by atomic mass is 10.1. The van der Waals surface area contributed by atoms with Gasteiger partial charge in [-0.05, 0) is 37.6 Å². The van der Waals surface area contributed by atoms with Gasteiger partial charge < -0.3 is 5.32 Å². The average molecular weight is 271 g/mol. The molecular formula is C14H20ClFN2. The smallest absolute Gasteiger partial charge is 0.142 e. The maximum absolute atomic E-state index is 13.4. The number of hydrogen-bond donors (Lipinski definition) is 1. The highest BCUT2D eigenvalue weighted by Gasteiger charge is 2.17. The van der Waals surface area contributed by atoms with E-state index in [9.17, 15) is 4.39 Å². The molecular weight excluding hydrogens is 251 g/mol. The first kappa shape index (κ1) is 13.8. The summed E-state index contributed by atoms with van der Waals surface area (Å²) in [7, 11) is 0. The Morgan fingerprint density at radius 3 is 3.11 bits per heavy atom. The molecule has 1 aliphatic rings. The number of nitrogens with zero attached hydrogens (tertiary/aromatic N) is 1. The molecule has 1 N–H and O–H groups in total. The molecule has 1 fully saturated rings. The molecule has 1 heterocycles. The maximum Gasteiger partial charge on any atom is 0.142 e. The van der Waals surface area contributed by atoms with Crippen LogP contribution in [0.25, 0.3) is 0 Å². The highest BCUT2D eigenvalue weighted by atomic mass is 35.5. The van der Waals surface area contributed by atoms with Gasteiger partial charge in [0.25, 0.3) is 0 Å². The molecule has 18 heavy (non-hydrogen) atoms. The minimum absolute atomic E-state index is 0.266. The van der Waals surface area contributed by atoms with Crippen LogP contribution in [0.5, 0.6) is 0 Å². The van der Waals surface area contributed by atoms with Gasteiger partial charge in [-0.3, -0.25) is 4.90 Å². The molecule has 0 aromatic heterocycles. The summed E-state index contributed by atoms with van der Waals surface area (Å²) in [4.78, 5) is 2.36. The summed E-state index contributed by atoms with van der Waals surface area (Å²) >= 11 is 6.01. The molecule has 1 aliphatic heterocycles. The minimum Gasteiger partial charge on any atom is -0.313 e. The van der Waals surface area contributed by atoms with Crippen LogP contribution < -0.4 is 5.32 Å². The second-order valence-electron chi connectivity index (χ2n) is 4.86. The summed E-state index contributed by atoms with van der Waals surface area (Å²) in [6, 6.07) is 5.57. The quantitative estimate of drug-likeness (QED) is 0.908. The van der Waals surface area contributed by atoms with Crippen LogP contribution in [0.1, 0.15) is 25.3 Å². The van der Waals surface area contributed by atoms with Gasteiger partial charge >= 0.3 is 0 Å². The summed E-state index contributed by atoms with van der Waals surface area (Å²) < 4.78 is 13.4. The Balaban J connectivity index is 2.05. The van der Waals surface area contributed by atoms with Gasteiger partial charge in [0.15, 0.2) is 0 Å². The van der Waals surface area contributed by atoms with Crippen LogP contribution in [0, 0.1) is 5.82 Å². The molecule has 0 amide bonds. The number of hydrogen-bond acceptors (Lipinski definition) is 2. The van der Waals surface area contributed by atoms with Crippen LogP contribution in [0.4, 0.5) is 4.39 Å². The fraction of sp³-hybridized carbons (Fsp3) is 0.571. The molecule has 2 rings (SSSR count). The monoisotopic (exact) mass is 270 g/mol. The van der Waals surface area contributed by atoms with Crippen molar-refractivity contribution in [3.05, 3.63) is 34.6 Å². The van der Waals surface area contributed by atoms with E-state index >= 15 is 0 Å². The van der Waals surface area contributed by atoms with Gasteiger partial charge in [0, 0.05) is 19.1 Å². The molecule has 100 valence electrons. The molecule has 2 nitrogen and oxygen atoms in total. The number of benzene rings is 1. The van der Waals surface area contributed by atoms with Crippen molar-refractivity contribution in [1.82, 2.24) is 10.2 Å². The van der Waals surface area contributed by atoms with Crippen LogP contribution in [0.15, 0.2) is 18.2 Å². The van der Waals surface area contributed by atoms with Gasteiger partial charge in [-0.25, -0.2) is 4.39 Å². The van der Waals surface area contributed by atoms with Crippen molar-refractivity contribution < 1.29 is 4.39 Å². The molecule has 0 spiro atoms. The van der Waals surface area contributed by atoms with Crippen molar-refractivity contribution in [2.75, 3.05) is 19.6 Å². The van der Waals surface area contributed by atoms with Gasteiger partial charge in [0.05, 0.1) is 5.02 Å². The Morgan fingerprint density at radius 1 is 1.50 bits per heavy atom. The van der Waals surface area contributed by atoms with E-state index < -0.39 is 0 Å². The van der Waals surface area contributed by atoms with Crippen molar-refractivity contribution in [2.24, 2.45) is 0 Å². The third-order valence-electron chi connectivity index (χ3n) is 3.48. The van der Waals surface area contributed by atoms with Gasteiger partial charge in [-0.1, -0.05) is 30.7 Å². The first-order chi connectivity index (χ1) is 8.70. The molecule has 1 atom stereocenters. The molecule has 0 bridgehead atoms. The normalized spacial score (nSPS) is 21.8. The number of rotatable bonds is 3. The molecule has 1 aromatic rings. The van der Waals surface area contributed by atoms with E-state index in [0.717, 1.165) is 44.6 Å². The zero-order chi connectivity index (χ0) is 13.0. The third-order valence-corrected chi connectivity index (χ3v) is 3.90. The summed E-state index contributed by atoms with van der Waals surface area (Å²) in [6.45, 7) is 6.02. The zero-order valence-corrected chi connectivity index (χ0v) is 11.5. The van der Waals surface area contributed by atoms with Crippen LogP contribution in [0.3, 0.4) is 0 Å². The summed E-state index contributed by atoms with van der Waals surface area (Å²) in [5.41, 5.74) is 0.883. The number of nitrogens with one attached hydrogen (secondary N) is 1. The fourth-order valence-corrected chi connectivity index (χ4v) is 2.59. The summed E-state index contributed by atoms with van der Waals surface area (Å²) in [6.07, 6.45) is 2.25. The predicted molar refractivity (Wildman–Crippen MR) is 73.4 cm³/mol. The SMILES string of the molecule is CCC1CN(Cc2cccc(F)c2Cl)CCCN1. The van der Waals surface area contributed by atoms with Crippen LogP contribution in [-0.4, -0.2) is 30.6 Å². The largest absolute Gasteiger partial charge is 0.313 e. The van der Waals surface area contributed by atoms with E-state index in [1.807, 2.05) is 6.07 Å². The summed E-state index contributed by atoms with van der Waals surface area (Å²) in [5, 5.41) is 3.79. The van der Waals surface area contributed by atoms with E-state index in [4.69, 9.17) is 11.6 Å². The van der Waals surface area contributed by atoms with Crippen molar-refractivity contribution in [3.8, 4) is 0 Å². The van der Waals surface area contributed by atoms with Crippen LogP contribution in [-0.2, 0) is 6.54 Å². The van der Waals surface area contributed by atoms with Gasteiger partial charge in [0.1, 0.15) is 5.82 Å². The van der Waals surface area contributed by atoms with Crippen molar-refractivity contribution in [3.63, 3.8) is 0 Å². The predicted octanol–water partition coefficient (Wildman–Crippen LogP) is 3.05. The van der Waals surface area contributed by atoms with Gasteiger partial charge in [0.2, 0.25) is 0 Å². The van der Waals surface area contributed by atoms with E-state index in [-0.39, 0.29) is 10.8 Å². The van der Waals surface area contributed by atoms with Gasteiger partial charge in [-0.2, -0.15) is 0 Å². The first-order valence-electron chi connectivity index (χ1n) is 6.59. The zero-order valence-electron chi connectivity index (χ0n) is 10.8. The first-order valence-corrected chi connectivity index (χ1v) is 6.97. The lowest BCUT2D eigenvalue weighted by Gasteiger charge is -2.24. The minimum atomic E-state index is -0.325. The average Bonchev–Trinajstić information content (AvgIpc) is 2.60. The summed E-state index contributed by atoms with van der Waals surface area (Å²) in [5.74, 6) is -0.325. The third kappa shape index (κ3) is 3.44. The molecule has 1 unspecified atom stereocenters. The highest BCUT2D eigenvalue weighted by molar-refractivity contribution is 6.31. The molecule has 0 aliphatic carbocycles. The molecule has 0 radical (unpaired) electrons. The van der Waals surface area contributed by atoms with Gasteiger partial charge in [-0.15, -0.1) is 0 Å².